The number of thiazole rings is 1. The number of halogens is 3. The Morgan fingerprint density at radius 1 is 1.18 bits per heavy atom. The highest BCUT2D eigenvalue weighted by Crippen LogP contribution is 2.31. The molecule has 12 heteroatoms. The van der Waals surface area contributed by atoms with E-state index in [4.69, 9.17) is 0 Å². The fourth-order valence-electron chi connectivity index (χ4n) is 2.33. The zero-order chi connectivity index (χ0) is 20.4. The number of likely N-dealkylation sites (N-methyl/N-ethyl adjacent to an activating group) is 1. The third kappa shape index (κ3) is 6.31. The van der Waals surface area contributed by atoms with Crippen molar-refractivity contribution in [1.82, 2.24) is 14.2 Å². The number of rotatable bonds is 8. The van der Waals surface area contributed by atoms with Crippen LogP contribution in [0, 0.1) is 11.6 Å². The lowest BCUT2D eigenvalue weighted by Gasteiger charge is -2.23. The Morgan fingerprint density at radius 2 is 1.82 bits per heavy atom. The highest BCUT2D eigenvalue weighted by atomic mass is 35.5. The zero-order valence-corrected chi connectivity index (χ0v) is 18.4. The predicted octanol–water partition coefficient (Wildman–Crippen LogP) is 2.17. The van der Waals surface area contributed by atoms with Crippen molar-refractivity contribution in [2.24, 2.45) is 0 Å². The maximum Gasteiger partial charge on any atom is 0.244 e. The summed E-state index contributed by atoms with van der Waals surface area (Å²) in [5.41, 5.74) is -0.0155. The van der Waals surface area contributed by atoms with Crippen molar-refractivity contribution in [1.29, 1.82) is 0 Å². The van der Waals surface area contributed by atoms with E-state index in [0.717, 1.165) is 34.0 Å². The van der Waals surface area contributed by atoms with Crippen molar-refractivity contribution in [3.8, 4) is 0 Å². The number of benzene rings is 1. The molecule has 0 bridgehead atoms. The van der Waals surface area contributed by atoms with E-state index in [1.54, 1.807) is 0 Å². The fourth-order valence-corrected chi connectivity index (χ4v) is 3.72. The molecule has 0 aliphatic rings. The number of sulfonamides is 1. The van der Waals surface area contributed by atoms with Gasteiger partial charge in [0.2, 0.25) is 15.9 Å². The van der Waals surface area contributed by atoms with Crippen LogP contribution < -0.4 is 4.90 Å². The molecule has 0 aliphatic heterocycles. The Balaban J connectivity index is 0.00000392. The zero-order valence-electron chi connectivity index (χ0n) is 16.0. The Labute approximate surface area is 173 Å². The van der Waals surface area contributed by atoms with E-state index in [9.17, 15) is 22.0 Å². The van der Waals surface area contributed by atoms with Gasteiger partial charge in [-0.3, -0.25) is 9.69 Å². The molecule has 158 valence electrons. The molecule has 2 rings (SSSR count). The molecule has 0 atom stereocenters. The first-order valence-electron chi connectivity index (χ1n) is 8.11. The molecule has 2 aromatic rings. The van der Waals surface area contributed by atoms with Crippen LogP contribution in [-0.2, 0) is 14.8 Å². The van der Waals surface area contributed by atoms with Crippen LogP contribution in [0.4, 0.5) is 13.9 Å². The summed E-state index contributed by atoms with van der Waals surface area (Å²) < 4.78 is 51.8. The monoisotopic (exact) mass is 456 g/mol. The Morgan fingerprint density at radius 3 is 2.39 bits per heavy atom. The van der Waals surface area contributed by atoms with Gasteiger partial charge in [-0.2, -0.15) is 4.31 Å². The van der Waals surface area contributed by atoms with Crippen LogP contribution in [0.25, 0.3) is 10.2 Å². The van der Waals surface area contributed by atoms with Gasteiger partial charge >= 0.3 is 0 Å². The number of aromatic nitrogens is 1. The van der Waals surface area contributed by atoms with Crippen LogP contribution in [0.1, 0.15) is 6.42 Å². The van der Waals surface area contributed by atoms with E-state index < -0.39 is 27.6 Å². The maximum absolute atomic E-state index is 14.0. The van der Waals surface area contributed by atoms with Gasteiger partial charge in [0.1, 0.15) is 11.3 Å². The molecule has 0 saturated heterocycles. The van der Waals surface area contributed by atoms with Crippen molar-refractivity contribution in [2.75, 3.05) is 51.9 Å². The quantitative estimate of drug-likeness (QED) is 0.608. The summed E-state index contributed by atoms with van der Waals surface area (Å²) >= 11 is 0.988. The minimum absolute atomic E-state index is 0. The van der Waals surface area contributed by atoms with Crippen LogP contribution in [0.2, 0.25) is 0 Å². The maximum atomic E-state index is 14.0. The van der Waals surface area contributed by atoms with Crippen LogP contribution in [0.5, 0.6) is 0 Å². The summed E-state index contributed by atoms with van der Waals surface area (Å²) in [4.78, 5) is 20.1. The summed E-state index contributed by atoms with van der Waals surface area (Å²) in [6.07, 6.45) is 1.61. The number of carbonyl (C=O) groups excluding carboxylic acids is 1. The SMILES string of the molecule is CN(C)CCCN(C(=O)CN(C)S(C)(=O)=O)c1nc2c(F)cc(F)cc2s1.Cl. The second-order valence-corrected chi connectivity index (χ2v) is 9.55. The van der Waals surface area contributed by atoms with E-state index in [1.165, 1.54) is 11.9 Å². The van der Waals surface area contributed by atoms with Gasteiger partial charge in [-0.05, 0) is 33.1 Å². The molecule has 1 aromatic carbocycles. The molecule has 0 fully saturated rings. The first-order chi connectivity index (χ1) is 12.5. The fraction of sp³-hybridized carbons (Fsp3) is 0.500. The number of amides is 1. The summed E-state index contributed by atoms with van der Waals surface area (Å²) in [5.74, 6) is -2.01. The first kappa shape index (κ1) is 24.6. The largest absolute Gasteiger partial charge is 0.309 e. The highest BCUT2D eigenvalue weighted by molar-refractivity contribution is 7.88. The average molecular weight is 457 g/mol. The third-order valence-electron chi connectivity index (χ3n) is 3.84. The molecule has 0 unspecified atom stereocenters. The molecular weight excluding hydrogens is 434 g/mol. The number of anilines is 1. The second-order valence-electron chi connectivity index (χ2n) is 6.45. The number of fused-ring (bicyclic) bond motifs is 1. The van der Waals surface area contributed by atoms with Gasteiger partial charge in [0.05, 0.1) is 17.5 Å². The Kier molecular flexibility index (Phi) is 8.69. The molecule has 1 amide bonds. The predicted molar refractivity (Wildman–Crippen MR) is 110 cm³/mol. The average Bonchev–Trinajstić information content (AvgIpc) is 2.93. The van der Waals surface area contributed by atoms with E-state index in [1.807, 2.05) is 19.0 Å². The van der Waals surface area contributed by atoms with Crippen molar-refractivity contribution in [3.05, 3.63) is 23.8 Å². The molecule has 0 radical (unpaired) electrons. The third-order valence-corrected chi connectivity index (χ3v) is 6.13. The molecule has 0 saturated carbocycles. The molecule has 7 nitrogen and oxygen atoms in total. The number of carbonyl (C=O) groups is 1. The van der Waals surface area contributed by atoms with Crippen LogP contribution in [0.15, 0.2) is 12.1 Å². The van der Waals surface area contributed by atoms with Crippen LogP contribution in [-0.4, -0.2) is 75.5 Å². The number of hydrogen-bond acceptors (Lipinski definition) is 6. The summed E-state index contributed by atoms with van der Waals surface area (Å²) in [6.45, 7) is 0.603. The van der Waals surface area contributed by atoms with E-state index >= 15 is 0 Å². The minimum atomic E-state index is -3.53. The second kappa shape index (κ2) is 9.88. The number of hydrogen-bond donors (Lipinski definition) is 0. The van der Waals surface area contributed by atoms with E-state index in [2.05, 4.69) is 4.98 Å². The molecule has 28 heavy (non-hydrogen) atoms. The lowest BCUT2D eigenvalue weighted by atomic mass is 10.3. The van der Waals surface area contributed by atoms with Gasteiger partial charge in [-0.1, -0.05) is 11.3 Å². The van der Waals surface area contributed by atoms with Gasteiger partial charge in [-0.15, -0.1) is 12.4 Å². The highest BCUT2D eigenvalue weighted by Gasteiger charge is 2.24. The van der Waals surface area contributed by atoms with Crippen molar-refractivity contribution >= 4 is 55.0 Å². The van der Waals surface area contributed by atoms with Crippen LogP contribution in [0.3, 0.4) is 0 Å². The smallest absolute Gasteiger partial charge is 0.244 e. The van der Waals surface area contributed by atoms with Gasteiger partial charge in [0.15, 0.2) is 10.9 Å². The summed E-state index contributed by atoms with van der Waals surface area (Å²) in [5, 5.41) is 0.208. The Hall–Kier alpha value is -1.40. The van der Waals surface area contributed by atoms with Crippen molar-refractivity contribution in [2.45, 2.75) is 6.42 Å². The molecule has 1 heterocycles. The Bertz CT molecular complexity index is 937. The topological polar surface area (TPSA) is 73.8 Å². The molecule has 0 N–H and O–H groups in total. The van der Waals surface area contributed by atoms with Gasteiger partial charge in [0, 0.05) is 19.7 Å². The molecular formula is C16H23ClF2N4O3S2. The van der Waals surface area contributed by atoms with E-state index in [0.29, 0.717) is 13.0 Å². The first-order valence-corrected chi connectivity index (χ1v) is 10.8. The van der Waals surface area contributed by atoms with Gasteiger partial charge in [-0.25, -0.2) is 22.2 Å². The normalized spacial score (nSPS) is 11.9. The lowest BCUT2D eigenvalue weighted by molar-refractivity contribution is -0.118. The van der Waals surface area contributed by atoms with E-state index in [-0.39, 0.29) is 40.8 Å². The molecule has 0 spiro atoms. The lowest BCUT2D eigenvalue weighted by Crippen LogP contribution is -2.42. The number of nitrogens with zero attached hydrogens (tertiary/aromatic N) is 4. The van der Waals surface area contributed by atoms with Gasteiger partial charge < -0.3 is 4.90 Å². The standard InChI is InChI=1S/C16H22F2N4O3S2.ClH/c1-20(2)6-5-7-22(14(23)10-21(3)27(4,24)25)16-19-15-12(18)8-11(17)9-13(15)26-16;/h8-9H,5-7,10H2,1-4H3;1H. The minimum Gasteiger partial charge on any atom is -0.309 e. The molecule has 0 aliphatic carbocycles. The molecule has 1 aromatic heterocycles. The van der Waals surface area contributed by atoms with Crippen molar-refractivity contribution < 1.29 is 22.0 Å². The summed E-state index contributed by atoms with van der Waals surface area (Å²) in [6, 6.07) is 1.89. The van der Waals surface area contributed by atoms with Crippen LogP contribution >= 0.6 is 23.7 Å². The summed E-state index contributed by atoms with van der Waals surface area (Å²) in [7, 11) is 1.55. The van der Waals surface area contributed by atoms with Gasteiger partial charge in [0.25, 0.3) is 0 Å². The van der Waals surface area contributed by atoms with Crippen molar-refractivity contribution in [3.63, 3.8) is 0 Å².